The normalized spacial score (nSPS) is 10.9. The molecule has 0 saturated carbocycles. The molecule has 0 radical (unpaired) electrons. The topological polar surface area (TPSA) is 63.7 Å². The van der Waals surface area contributed by atoms with Crippen molar-refractivity contribution in [3.8, 4) is 39.9 Å². The number of aryl methyl sites for hydroxylation is 2. The van der Waals surface area contributed by atoms with E-state index in [1.807, 2.05) is 78.3 Å². The molecule has 5 heteroatoms. The number of benzene rings is 3. The van der Waals surface area contributed by atoms with Gasteiger partial charge in [-0.15, -0.1) is 0 Å². The van der Waals surface area contributed by atoms with E-state index in [1.165, 1.54) is 5.56 Å². The number of rotatable bonds is 5. The molecule has 0 unspecified atom stereocenters. The minimum Gasteiger partial charge on any atom is -0.496 e. The van der Waals surface area contributed by atoms with Gasteiger partial charge in [0.05, 0.1) is 35.1 Å². The monoisotopic (exact) mass is 444 g/mol. The Labute approximate surface area is 198 Å². The number of hydrogen-bond acceptors (Lipinski definition) is 4. The van der Waals surface area contributed by atoms with Gasteiger partial charge in [-0.1, -0.05) is 67.6 Å². The highest BCUT2D eigenvalue weighted by molar-refractivity contribution is 6.02. The molecule has 0 fully saturated rings. The Bertz CT molecular complexity index is 1530. The van der Waals surface area contributed by atoms with Crippen LogP contribution in [-0.4, -0.2) is 21.9 Å². The molecule has 0 aliphatic rings. The highest BCUT2D eigenvalue weighted by atomic mass is 16.5. The lowest BCUT2D eigenvalue weighted by molar-refractivity contribution is 0.416. The number of para-hydroxylation sites is 2. The molecule has 5 nitrogen and oxygen atoms in total. The van der Waals surface area contributed by atoms with Crippen molar-refractivity contribution in [1.29, 1.82) is 5.26 Å². The molecule has 0 atom stereocenters. The van der Waals surface area contributed by atoms with E-state index in [0.29, 0.717) is 22.7 Å². The van der Waals surface area contributed by atoms with Gasteiger partial charge >= 0.3 is 0 Å². The van der Waals surface area contributed by atoms with Crippen molar-refractivity contribution < 1.29 is 4.74 Å². The lowest BCUT2D eigenvalue weighted by Gasteiger charge is -2.15. The molecule has 2 heterocycles. The van der Waals surface area contributed by atoms with Gasteiger partial charge in [0.25, 0.3) is 0 Å². The van der Waals surface area contributed by atoms with Gasteiger partial charge in [0.2, 0.25) is 0 Å². The van der Waals surface area contributed by atoms with Gasteiger partial charge in [0, 0.05) is 16.7 Å². The van der Waals surface area contributed by atoms with Crippen LogP contribution in [0.3, 0.4) is 0 Å². The maximum absolute atomic E-state index is 10.4. The van der Waals surface area contributed by atoms with E-state index >= 15 is 0 Å². The largest absolute Gasteiger partial charge is 0.496 e. The Morgan fingerprint density at radius 2 is 1.65 bits per heavy atom. The van der Waals surface area contributed by atoms with E-state index in [4.69, 9.17) is 14.8 Å². The first-order chi connectivity index (χ1) is 16.7. The molecular weight excluding hydrogens is 420 g/mol. The molecule has 0 amide bonds. The SMILES string of the molecule is CCc1ccc(-c2nc3c(c(C)nn3-c3ccccc3)c(-c3ccccc3OC)c2C#N)cc1. The molecule has 0 spiro atoms. The van der Waals surface area contributed by atoms with Crippen molar-refractivity contribution in [2.45, 2.75) is 20.3 Å². The van der Waals surface area contributed by atoms with E-state index in [0.717, 1.165) is 39.9 Å². The van der Waals surface area contributed by atoms with Gasteiger partial charge in [-0.3, -0.25) is 0 Å². The molecule has 2 aromatic heterocycles. The Morgan fingerprint density at radius 1 is 0.941 bits per heavy atom. The highest BCUT2D eigenvalue weighted by Crippen LogP contribution is 2.42. The fourth-order valence-corrected chi connectivity index (χ4v) is 4.40. The first-order valence-corrected chi connectivity index (χ1v) is 11.3. The van der Waals surface area contributed by atoms with Crippen LogP contribution in [0.15, 0.2) is 78.9 Å². The summed E-state index contributed by atoms with van der Waals surface area (Å²) in [6.07, 6.45) is 0.949. The summed E-state index contributed by atoms with van der Waals surface area (Å²) in [5.74, 6) is 0.700. The van der Waals surface area contributed by atoms with Crippen LogP contribution in [-0.2, 0) is 6.42 Å². The van der Waals surface area contributed by atoms with Crippen LogP contribution in [0.2, 0.25) is 0 Å². The first kappa shape index (κ1) is 21.4. The second kappa shape index (κ2) is 8.84. The average molecular weight is 445 g/mol. The predicted octanol–water partition coefficient (Wildman–Crippen LogP) is 6.51. The summed E-state index contributed by atoms with van der Waals surface area (Å²) in [4.78, 5) is 5.05. The maximum atomic E-state index is 10.4. The van der Waals surface area contributed by atoms with Gasteiger partial charge in [0.1, 0.15) is 11.8 Å². The molecule has 5 rings (SSSR count). The molecule has 0 N–H and O–H groups in total. The summed E-state index contributed by atoms with van der Waals surface area (Å²) in [5.41, 5.74) is 7.33. The second-order valence-corrected chi connectivity index (χ2v) is 8.10. The van der Waals surface area contributed by atoms with Gasteiger partial charge < -0.3 is 4.74 Å². The van der Waals surface area contributed by atoms with E-state index in [2.05, 4.69) is 25.1 Å². The fourth-order valence-electron chi connectivity index (χ4n) is 4.40. The van der Waals surface area contributed by atoms with Crippen molar-refractivity contribution in [2.75, 3.05) is 7.11 Å². The zero-order valence-corrected chi connectivity index (χ0v) is 19.4. The standard InChI is InChI=1S/C29H24N4O/c1-4-20-14-16-21(17-15-20)28-24(18-30)27(23-12-8-9-13-25(23)34-3)26-19(2)32-33(29(26)31-28)22-10-6-5-7-11-22/h5-17H,4H2,1-3H3. The summed E-state index contributed by atoms with van der Waals surface area (Å²) in [6, 6.07) is 28.4. The first-order valence-electron chi connectivity index (χ1n) is 11.3. The van der Waals surface area contributed by atoms with E-state index in [9.17, 15) is 5.26 Å². The molecule has 0 aliphatic carbocycles. The predicted molar refractivity (Wildman–Crippen MR) is 135 cm³/mol. The summed E-state index contributed by atoms with van der Waals surface area (Å²) in [5, 5.41) is 16.1. The Hall–Kier alpha value is -4.43. The highest BCUT2D eigenvalue weighted by Gasteiger charge is 2.25. The summed E-state index contributed by atoms with van der Waals surface area (Å²) < 4.78 is 7.55. The third-order valence-electron chi connectivity index (χ3n) is 6.12. The van der Waals surface area contributed by atoms with Crippen LogP contribution in [0.4, 0.5) is 0 Å². The van der Waals surface area contributed by atoms with E-state index in [-0.39, 0.29) is 0 Å². The molecule has 34 heavy (non-hydrogen) atoms. The van der Waals surface area contributed by atoms with Crippen molar-refractivity contribution in [3.05, 3.63) is 95.7 Å². The number of aromatic nitrogens is 3. The summed E-state index contributed by atoms with van der Waals surface area (Å²) in [7, 11) is 1.65. The summed E-state index contributed by atoms with van der Waals surface area (Å²) in [6.45, 7) is 4.08. The molecule has 3 aromatic carbocycles. The summed E-state index contributed by atoms with van der Waals surface area (Å²) >= 11 is 0. The number of ether oxygens (including phenoxy) is 1. The zero-order chi connectivity index (χ0) is 23.7. The average Bonchev–Trinajstić information content (AvgIpc) is 3.24. The third-order valence-corrected chi connectivity index (χ3v) is 6.12. The van der Waals surface area contributed by atoms with E-state index in [1.54, 1.807) is 7.11 Å². The quantitative estimate of drug-likeness (QED) is 0.310. The smallest absolute Gasteiger partial charge is 0.164 e. The van der Waals surface area contributed by atoms with Crippen molar-refractivity contribution in [2.24, 2.45) is 0 Å². The second-order valence-electron chi connectivity index (χ2n) is 8.10. The Morgan fingerprint density at radius 3 is 2.32 bits per heavy atom. The molecule has 0 saturated heterocycles. The number of nitrogens with zero attached hydrogens (tertiary/aromatic N) is 4. The van der Waals surface area contributed by atoms with Crippen LogP contribution < -0.4 is 4.74 Å². The maximum Gasteiger partial charge on any atom is 0.164 e. The molecule has 0 bridgehead atoms. The minimum atomic E-state index is 0.511. The zero-order valence-electron chi connectivity index (χ0n) is 19.4. The minimum absolute atomic E-state index is 0.511. The lowest BCUT2D eigenvalue weighted by Crippen LogP contribution is -2.01. The van der Waals surface area contributed by atoms with Gasteiger partial charge in [0.15, 0.2) is 5.65 Å². The molecule has 0 aliphatic heterocycles. The van der Waals surface area contributed by atoms with Crippen LogP contribution in [0.5, 0.6) is 5.75 Å². The van der Waals surface area contributed by atoms with Crippen LogP contribution in [0.1, 0.15) is 23.7 Å². The Kier molecular flexibility index (Phi) is 5.57. The van der Waals surface area contributed by atoms with E-state index < -0.39 is 0 Å². The van der Waals surface area contributed by atoms with Crippen molar-refractivity contribution >= 4 is 11.0 Å². The van der Waals surface area contributed by atoms with Crippen molar-refractivity contribution in [1.82, 2.24) is 14.8 Å². The van der Waals surface area contributed by atoms with Gasteiger partial charge in [-0.2, -0.15) is 10.4 Å². The van der Waals surface area contributed by atoms with Crippen LogP contribution in [0.25, 0.3) is 39.1 Å². The van der Waals surface area contributed by atoms with Crippen LogP contribution in [0, 0.1) is 18.3 Å². The number of nitriles is 1. The fraction of sp³-hybridized carbons (Fsp3) is 0.138. The number of pyridine rings is 1. The number of methoxy groups -OCH3 is 1. The number of fused-ring (bicyclic) bond motifs is 1. The third kappa shape index (κ3) is 3.50. The Balaban J connectivity index is 1.93. The molecular formula is C29H24N4O. The number of hydrogen-bond donors (Lipinski definition) is 0. The molecule has 5 aromatic rings. The lowest BCUT2D eigenvalue weighted by atomic mass is 9.92. The van der Waals surface area contributed by atoms with Crippen molar-refractivity contribution in [3.63, 3.8) is 0 Å². The molecule has 166 valence electrons. The van der Waals surface area contributed by atoms with Gasteiger partial charge in [-0.25, -0.2) is 9.67 Å². The van der Waals surface area contributed by atoms with Crippen LogP contribution >= 0.6 is 0 Å². The van der Waals surface area contributed by atoms with Gasteiger partial charge in [-0.05, 0) is 37.1 Å².